The van der Waals surface area contributed by atoms with Gasteiger partial charge >= 0.3 is 12.0 Å². The molecule has 6 N–H and O–H groups in total. The van der Waals surface area contributed by atoms with Gasteiger partial charge < -0.3 is 26.8 Å². The summed E-state index contributed by atoms with van der Waals surface area (Å²) in [6, 6.07) is -0.799. The van der Waals surface area contributed by atoms with Gasteiger partial charge in [0.2, 0.25) is 11.8 Å². The Hall–Kier alpha value is -2.32. The van der Waals surface area contributed by atoms with Crippen molar-refractivity contribution >= 4 is 23.8 Å². The first-order chi connectivity index (χ1) is 9.31. The van der Waals surface area contributed by atoms with E-state index in [4.69, 9.17) is 11.5 Å². The van der Waals surface area contributed by atoms with Gasteiger partial charge in [-0.05, 0) is 27.7 Å². The van der Waals surface area contributed by atoms with Gasteiger partial charge in [0.1, 0.15) is 13.1 Å². The van der Waals surface area contributed by atoms with Crippen molar-refractivity contribution in [1.82, 2.24) is 10.2 Å². The summed E-state index contributed by atoms with van der Waals surface area (Å²) in [6.45, 7) is 4.93. The molecule has 0 saturated heterocycles. The number of urea groups is 1. The van der Waals surface area contributed by atoms with Gasteiger partial charge in [-0.3, -0.25) is 14.4 Å². The molecule has 0 saturated carbocycles. The molecule has 21 heavy (non-hydrogen) atoms. The van der Waals surface area contributed by atoms with E-state index in [-0.39, 0.29) is 0 Å². The van der Waals surface area contributed by atoms with Crippen LogP contribution in [-0.2, 0) is 14.4 Å². The first-order valence-electron chi connectivity index (χ1n) is 6.18. The number of aliphatic carboxylic acids is 1. The Bertz CT molecular complexity index is 443. The number of nitrogens with zero attached hydrogens (tertiary/aromatic N) is 1. The minimum absolute atomic E-state index is 0.502. The lowest BCUT2D eigenvalue weighted by atomic mass is 9.74. The van der Waals surface area contributed by atoms with Crippen molar-refractivity contribution in [2.45, 2.75) is 33.2 Å². The van der Waals surface area contributed by atoms with Crippen molar-refractivity contribution in [1.29, 1.82) is 0 Å². The third kappa shape index (κ3) is 4.93. The second-order valence-electron chi connectivity index (χ2n) is 5.77. The molecule has 0 fully saturated rings. The molecule has 0 rings (SSSR count). The zero-order valence-corrected chi connectivity index (χ0v) is 12.6. The first-order valence-corrected chi connectivity index (χ1v) is 6.18. The number of hydrogen-bond acceptors (Lipinski definition) is 4. The summed E-state index contributed by atoms with van der Waals surface area (Å²) in [5.41, 5.74) is 7.56. The Balaban J connectivity index is 5.16. The Labute approximate surface area is 122 Å². The van der Waals surface area contributed by atoms with Crippen LogP contribution < -0.4 is 16.8 Å². The summed E-state index contributed by atoms with van der Waals surface area (Å²) in [5.74, 6) is -2.74. The normalized spacial score (nSPS) is 11.6. The lowest BCUT2D eigenvalue weighted by molar-refractivity contribution is -0.150. The summed E-state index contributed by atoms with van der Waals surface area (Å²) in [7, 11) is 0. The van der Waals surface area contributed by atoms with Crippen molar-refractivity contribution < 1.29 is 24.3 Å². The topological polar surface area (TPSA) is 156 Å². The maximum absolute atomic E-state index is 12.1. The van der Waals surface area contributed by atoms with Gasteiger partial charge in [-0.2, -0.15) is 0 Å². The van der Waals surface area contributed by atoms with Crippen LogP contribution in [0.5, 0.6) is 0 Å². The third-order valence-electron chi connectivity index (χ3n) is 3.50. The maximum Gasteiger partial charge on any atom is 0.318 e. The number of carbonyl (C=O) groups excluding carboxylic acids is 3. The molecule has 0 aromatic rings. The predicted molar refractivity (Wildman–Crippen MR) is 74.0 cm³/mol. The SMILES string of the molecule is CC(C)(NC(=O)N(CC(N)=O)CC(N)=O)C(C)(C)C(=O)O. The maximum atomic E-state index is 12.1. The zero-order chi connectivity index (χ0) is 17.0. The molecule has 9 nitrogen and oxygen atoms in total. The van der Waals surface area contributed by atoms with Crippen LogP contribution in [0.2, 0.25) is 0 Å². The second-order valence-corrected chi connectivity index (χ2v) is 5.77. The molecule has 0 aliphatic heterocycles. The molecule has 0 aliphatic carbocycles. The fraction of sp³-hybridized carbons (Fsp3) is 0.667. The average Bonchev–Trinajstić information content (AvgIpc) is 2.25. The van der Waals surface area contributed by atoms with Gasteiger partial charge in [-0.15, -0.1) is 0 Å². The van der Waals surface area contributed by atoms with Crippen molar-refractivity contribution in [3.8, 4) is 0 Å². The molecule has 9 heteroatoms. The van der Waals surface area contributed by atoms with E-state index >= 15 is 0 Å². The van der Waals surface area contributed by atoms with E-state index in [0.717, 1.165) is 4.90 Å². The number of primary amides is 2. The smallest absolute Gasteiger partial charge is 0.318 e. The van der Waals surface area contributed by atoms with Gasteiger partial charge in [0.05, 0.1) is 11.0 Å². The van der Waals surface area contributed by atoms with Gasteiger partial charge in [-0.1, -0.05) is 0 Å². The van der Waals surface area contributed by atoms with E-state index in [0.29, 0.717) is 0 Å². The first kappa shape index (κ1) is 18.7. The van der Waals surface area contributed by atoms with Crippen LogP contribution in [0.25, 0.3) is 0 Å². The molecule has 0 atom stereocenters. The van der Waals surface area contributed by atoms with Crippen LogP contribution >= 0.6 is 0 Å². The monoisotopic (exact) mass is 302 g/mol. The fourth-order valence-electron chi connectivity index (χ4n) is 1.35. The summed E-state index contributed by atoms with van der Waals surface area (Å²) >= 11 is 0. The Morgan fingerprint density at radius 1 is 1.00 bits per heavy atom. The van der Waals surface area contributed by atoms with Crippen LogP contribution in [-0.4, -0.2) is 52.4 Å². The van der Waals surface area contributed by atoms with Crippen LogP contribution in [0, 0.1) is 5.41 Å². The molecular weight excluding hydrogens is 280 g/mol. The van der Waals surface area contributed by atoms with Crippen molar-refractivity contribution in [3.63, 3.8) is 0 Å². The number of amides is 4. The van der Waals surface area contributed by atoms with Crippen LogP contribution in [0.3, 0.4) is 0 Å². The molecule has 0 radical (unpaired) electrons. The number of nitrogens with one attached hydrogen (secondary N) is 1. The lowest BCUT2D eigenvalue weighted by Crippen LogP contribution is -2.60. The minimum atomic E-state index is -1.28. The molecule has 4 amide bonds. The van der Waals surface area contributed by atoms with Gasteiger partial charge in [0, 0.05) is 0 Å². The Kier molecular flexibility index (Phi) is 5.71. The highest BCUT2D eigenvalue weighted by Gasteiger charge is 2.45. The number of carbonyl (C=O) groups is 4. The zero-order valence-electron chi connectivity index (χ0n) is 12.6. The van der Waals surface area contributed by atoms with Crippen LogP contribution in [0.1, 0.15) is 27.7 Å². The molecule has 120 valence electrons. The highest BCUT2D eigenvalue weighted by atomic mass is 16.4. The van der Waals surface area contributed by atoms with Crippen LogP contribution in [0.15, 0.2) is 0 Å². The highest BCUT2D eigenvalue weighted by Crippen LogP contribution is 2.30. The quantitative estimate of drug-likeness (QED) is 0.467. The summed E-state index contributed by atoms with van der Waals surface area (Å²) in [4.78, 5) is 46.0. The van der Waals surface area contributed by atoms with Crippen molar-refractivity contribution in [3.05, 3.63) is 0 Å². The largest absolute Gasteiger partial charge is 0.481 e. The molecule has 0 heterocycles. The van der Waals surface area contributed by atoms with Gasteiger partial charge in [0.25, 0.3) is 0 Å². The molecular formula is C12H22N4O5. The molecule has 0 aliphatic rings. The third-order valence-corrected chi connectivity index (χ3v) is 3.50. The van der Waals surface area contributed by atoms with E-state index in [1.807, 2.05) is 0 Å². The van der Waals surface area contributed by atoms with E-state index < -0.39 is 47.9 Å². The summed E-state index contributed by atoms with van der Waals surface area (Å²) in [5, 5.41) is 11.7. The highest BCUT2D eigenvalue weighted by molar-refractivity contribution is 5.88. The second kappa shape index (κ2) is 6.42. The molecule has 0 unspecified atom stereocenters. The molecule has 0 bridgehead atoms. The van der Waals surface area contributed by atoms with Crippen LogP contribution in [0.4, 0.5) is 4.79 Å². The standard InChI is InChI=1S/C12H22N4O5/c1-11(2,9(19)20)12(3,4)15-10(21)16(5-7(13)17)6-8(14)18/h5-6H2,1-4H3,(H2,13,17)(H2,14,18)(H,15,21)(H,19,20). The number of rotatable bonds is 7. The van der Waals surface area contributed by atoms with Gasteiger partial charge in [0.15, 0.2) is 0 Å². The van der Waals surface area contributed by atoms with E-state index in [2.05, 4.69) is 5.32 Å². The van der Waals surface area contributed by atoms with Crippen molar-refractivity contribution in [2.24, 2.45) is 16.9 Å². The van der Waals surface area contributed by atoms with E-state index in [1.54, 1.807) is 0 Å². The number of carboxylic acids is 1. The average molecular weight is 302 g/mol. The van der Waals surface area contributed by atoms with Crippen molar-refractivity contribution in [2.75, 3.05) is 13.1 Å². The molecule has 0 aromatic heterocycles. The number of carboxylic acid groups (broad SMARTS) is 1. The predicted octanol–water partition coefficient (Wildman–Crippen LogP) is -1.14. The molecule has 0 aromatic carbocycles. The summed E-state index contributed by atoms with van der Waals surface area (Å²) < 4.78 is 0. The van der Waals surface area contributed by atoms with E-state index in [9.17, 15) is 24.3 Å². The lowest BCUT2D eigenvalue weighted by Gasteiger charge is -2.39. The number of nitrogens with two attached hydrogens (primary N) is 2. The van der Waals surface area contributed by atoms with E-state index in [1.165, 1.54) is 27.7 Å². The fourth-order valence-corrected chi connectivity index (χ4v) is 1.35. The summed E-state index contributed by atoms with van der Waals surface area (Å²) in [6.07, 6.45) is 0. The minimum Gasteiger partial charge on any atom is -0.481 e. The Morgan fingerprint density at radius 2 is 1.38 bits per heavy atom. The number of hydrogen-bond donors (Lipinski definition) is 4. The Morgan fingerprint density at radius 3 is 1.67 bits per heavy atom. The van der Waals surface area contributed by atoms with Gasteiger partial charge in [-0.25, -0.2) is 4.79 Å². The molecule has 0 spiro atoms.